The number of urea groups is 1. The summed E-state index contributed by atoms with van der Waals surface area (Å²) in [5.74, 6) is 0.858. The minimum absolute atomic E-state index is 0.0425. The number of hydrogen-bond acceptors (Lipinski definition) is 5. The van der Waals surface area contributed by atoms with Gasteiger partial charge in [0.2, 0.25) is 5.88 Å². The van der Waals surface area contributed by atoms with Crippen LogP contribution >= 0.6 is 0 Å². The molecular formula is C15H25N5O2. The molecule has 0 spiro atoms. The van der Waals surface area contributed by atoms with Crippen molar-refractivity contribution in [1.82, 2.24) is 20.4 Å². The summed E-state index contributed by atoms with van der Waals surface area (Å²) < 4.78 is 5.42. The van der Waals surface area contributed by atoms with Crippen molar-refractivity contribution in [2.45, 2.75) is 44.8 Å². The van der Waals surface area contributed by atoms with Crippen LogP contribution in [-0.4, -0.2) is 53.4 Å². The third-order valence-corrected chi connectivity index (χ3v) is 3.55. The third kappa shape index (κ3) is 4.56. The van der Waals surface area contributed by atoms with E-state index >= 15 is 0 Å². The van der Waals surface area contributed by atoms with Gasteiger partial charge in [-0.3, -0.25) is 5.32 Å². The molecule has 0 unspecified atom stereocenters. The lowest BCUT2D eigenvalue weighted by molar-refractivity contribution is 0.144. The molecule has 1 aliphatic carbocycles. The molecule has 1 fully saturated rings. The number of ether oxygens (including phenoxy) is 1. The van der Waals surface area contributed by atoms with Gasteiger partial charge in [-0.15, -0.1) is 10.2 Å². The first-order valence-corrected chi connectivity index (χ1v) is 7.63. The van der Waals surface area contributed by atoms with Crippen molar-refractivity contribution >= 4 is 11.8 Å². The molecule has 122 valence electrons. The van der Waals surface area contributed by atoms with Crippen molar-refractivity contribution in [1.29, 1.82) is 0 Å². The highest BCUT2D eigenvalue weighted by atomic mass is 16.5. The lowest BCUT2D eigenvalue weighted by atomic mass is 9.76. The SMILES string of the molecule is CC(C)Oc1ccc(NC(=O)NC2(CN(C)C)CCC2)nn1. The number of aromatic nitrogens is 2. The van der Waals surface area contributed by atoms with Gasteiger partial charge in [-0.25, -0.2) is 4.79 Å². The highest BCUT2D eigenvalue weighted by molar-refractivity contribution is 5.88. The maximum absolute atomic E-state index is 12.1. The van der Waals surface area contributed by atoms with Gasteiger partial charge in [0.25, 0.3) is 0 Å². The lowest BCUT2D eigenvalue weighted by Gasteiger charge is -2.44. The Morgan fingerprint density at radius 3 is 2.55 bits per heavy atom. The molecule has 1 saturated carbocycles. The zero-order chi connectivity index (χ0) is 16.2. The van der Waals surface area contributed by atoms with E-state index in [1.54, 1.807) is 12.1 Å². The summed E-state index contributed by atoms with van der Waals surface area (Å²) in [5, 5.41) is 13.7. The second kappa shape index (κ2) is 6.91. The van der Waals surface area contributed by atoms with Crippen molar-refractivity contribution in [3.63, 3.8) is 0 Å². The molecule has 1 heterocycles. The molecule has 0 aromatic carbocycles. The summed E-state index contributed by atoms with van der Waals surface area (Å²) >= 11 is 0. The number of carbonyl (C=O) groups is 1. The third-order valence-electron chi connectivity index (χ3n) is 3.55. The summed E-state index contributed by atoms with van der Waals surface area (Å²) in [6.07, 6.45) is 3.20. The van der Waals surface area contributed by atoms with Gasteiger partial charge in [-0.1, -0.05) is 0 Å². The predicted molar refractivity (Wildman–Crippen MR) is 85.1 cm³/mol. The van der Waals surface area contributed by atoms with Crippen LogP contribution in [0, 0.1) is 0 Å². The van der Waals surface area contributed by atoms with Gasteiger partial charge in [-0.2, -0.15) is 0 Å². The highest BCUT2D eigenvalue weighted by Crippen LogP contribution is 2.32. The number of nitrogens with zero attached hydrogens (tertiary/aromatic N) is 3. The largest absolute Gasteiger partial charge is 0.474 e. The molecule has 7 heteroatoms. The number of rotatable bonds is 6. The fourth-order valence-corrected chi connectivity index (χ4v) is 2.61. The Kier molecular flexibility index (Phi) is 5.18. The minimum atomic E-state index is -0.242. The monoisotopic (exact) mass is 307 g/mol. The molecule has 0 radical (unpaired) electrons. The Balaban J connectivity index is 1.88. The van der Waals surface area contributed by atoms with Gasteiger partial charge in [0.1, 0.15) is 0 Å². The first kappa shape index (κ1) is 16.5. The fraction of sp³-hybridized carbons (Fsp3) is 0.667. The van der Waals surface area contributed by atoms with Crippen molar-refractivity contribution in [2.24, 2.45) is 0 Å². The average molecular weight is 307 g/mol. The van der Waals surface area contributed by atoms with Crippen LogP contribution in [0.15, 0.2) is 12.1 Å². The van der Waals surface area contributed by atoms with E-state index in [2.05, 4.69) is 25.7 Å². The first-order chi connectivity index (χ1) is 10.4. The highest BCUT2D eigenvalue weighted by Gasteiger charge is 2.38. The summed E-state index contributed by atoms with van der Waals surface area (Å²) in [7, 11) is 4.02. The molecule has 0 atom stereocenters. The van der Waals surface area contributed by atoms with Crippen molar-refractivity contribution in [3.05, 3.63) is 12.1 Å². The van der Waals surface area contributed by atoms with E-state index in [1.165, 1.54) is 0 Å². The van der Waals surface area contributed by atoms with Gasteiger partial charge in [-0.05, 0) is 53.3 Å². The van der Waals surface area contributed by atoms with Gasteiger partial charge >= 0.3 is 6.03 Å². The number of nitrogens with one attached hydrogen (secondary N) is 2. The van der Waals surface area contributed by atoms with Crippen LogP contribution in [0.2, 0.25) is 0 Å². The predicted octanol–water partition coefficient (Wildman–Crippen LogP) is 1.87. The van der Waals surface area contributed by atoms with Crippen LogP contribution in [-0.2, 0) is 0 Å². The lowest BCUT2D eigenvalue weighted by Crippen LogP contribution is -2.59. The molecule has 22 heavy (non-hydrogen) atoms. The molecule has 0 bridgehead atoms. The second-order valence-corrected chi connectivity index (χ2v) is 6.37. The van der Waals surface area contributed by atoms with Crippen molar-refractivity contribution in [2.75, 3.05) is 26.0 Å². The number of amides is 2. The molecule has 1 aromatic rings. The van der Waals surface area contributed by atoms with Crippen LogP contribution in [0.4, 0.5) is 10.6 Å². The summed E-state index contributed by atoms with van der Waals surface area (Å²) in [4.78, 5) is 14.2. The van der Waals surface area contributed by atoms with E-state index in [4.69, 9.17) is 4.74 Å². The first-order valence-electron chi connectivity index (χ1n) is 7.63. The van der Waals surface area contributed by atoms with Crippen molar-refractivity contribution < 1.29 is 9.53 Å². The van der Waals surface area contributed by atoms with Crippen molar-refractivity contribution in [3.8, 4) is 5.88 Å². The van der Waals surface area contributed by atoms with Gasteiger partial charge in [0.15, 0.2) is 5.82 Å². The molecule has 2 rings (SSSR count). The van der Waals surface area contributed by atoms with Gasteiger partial charge in [0.05, 0.1) is 11.6 Å². The van der Waals surface area contributed by atoms with E-state index in [1.807, 2.05) is 27.9 Å². The summed E-state index contributed by atoms with van der Waals surface area (Å²) in [5.41, 5.74) is -0.123. The molecule has 7 nitrogen and oxygen atoms in total. The van der Waals surface area contributed by atoms with Crippen LogP contribution in [0.3, 0.4) is 0 Å². The maximum Gasteiger partial charge on any atom is 0.320 e. The summed E-state index contributed by atoms with van der Waals surface area (Å²) in [6.45, 7) is 4.68. The Labute approximate surface area is 131 Å². The zero-order valence-electron chi connectivity index (χ0n) is 13.7. The van der Waals surface area contributed by atoms with E-state index in [-0.39, 0.29) is 17.7 Å². The number of likely N-dealkylation sites (N-methyl/N-ethyl adjacent to an activating group) is 1. The topological polar surface area (TPSA) is 79.4 Å². The summed E-state index contributed by atoms with van der Waals surface area (Å²) in [6, 6.07) is 3.14. The Bertz CT molecular complexity index is 497. The number of hydrogen-bond donors (Lipinski definition) is 2. The molecular weight excluding hydrogens is 282 g/mol. The van der Waals surface area contributed by atoms with E-state index in [0.717, 1.165) is 25.8 Å². The van der Waals surface area contributed by atoms with Crippen LogP contribution in [0.1, 0.15) is 33.1 Å². The van der Waals surface area contributed by atoms with E-state index in [9.17, 15) is 4.79 Å². The average Bonchev–Trinajstić information content (AvgIpc) is 2.37. The molecule has 2 amide bonds. The van der Waals surface area contributed by atoms with Crippen LogP contribution < -0.4 is 15.4 Å². The Morgan fingerprint density at radius 1 is 1.36 bits per heavy atom. The molecule has 0 saturated heterocycles. The van der Waals surface area contributed by atoms with Gasteiger partial charge in [0, 0.05) is 12.6 Å². The maximum atomic E-state index is 12.1. The second-order valence-electron chi connectivity index (χ2n) is 6.37. The van der Waals surface area contributed by atoms with E-state index < -0.39 is 0 Å². The number of carbonyl (C=O) groups excluding carboxylic acids is 1. The fourth-order valence-electron chi connectivity index (χ4n) is 2.61. The van der Waals surface area contributed by atoms with Gasteiger partial charge < -0.3 is 15.0 Å². The Hall–Kier alpha value is -1.89. The quantitative estimate of drug-likeness (QED) is 0.839. The molecule has 2 N–H and O–H groups in total. The zero-order valence-corrected chi connectivity index (χ0v) is 13.7. The Morgan fingerprint density at radius 2 is 2.09 bits per heavy atom. The number of anilines is 1. The standard InChI is InChI=1S/C15H25N5O2/c1-11(2)22-13-7-6-12(18-19-13)16-14(21)17-15(8-5-9-15)10-20(3)4/h6-7,11H,5,8-10H2,1-4H3,(H2,16,17,18,21). The van der Waals surface area contributed by atoms with Crippen LogP contribution in [0.25, 0.3) is 0 Å². The minimum Gasteiger partial charge on any atom is -0.474 e. The molecule has 1 aliphatic rings. The smallest absolute Gasteiger partial charge is 0.320 e. The van der Waals surface area contributed by atoms with E-state index in [0.29, 0.717) is 11.7 Å². The molecule has 0 aliphatic heterocycles. The van der Waals surface area contributed by atoms with Crippen LogP contribution in [0.5, 0.6) is 5.88 Å². The normalized spacial score (nSPS) is 16.3. The molecule has 1 aromatic heterocycles.